The Balaban J connectivity index is 1.51. The van der Waals surface area contributed by atoms with E-state index in [1.807, 2.05) is 60.7 Å². The summed E-state index contributed by atoms with van der Waals surface area (Å²) in [6, 6.07) is 18.0. The average Bonchev–Trinajstić information content (AvgIpc) is 2.82. The van der Waals surface area contributed by atoms with Gasteiger partial charge in [-0.3, -0.25) is 9.69 Å². The third-order valence-electron chi connectivity index (χ3n) is 5.03. The lowest BCUT2D eigenvalue weighted by Crippen LogP contribution is -2.51. The smallest absolute Gasteiger partial charge is 0.407 e. The largest absolute Gasteiger partial charge is 0.445 e. The Kier molecular flexibility index (Phi) is 8.84. The lowest BCUT2D eigenvalue weighted by molar-refractivity contribution is -0.122. The van der Waals surface area contributed by atoms with E-state index in [1.54, 1.807) is 0 Å². The van der Waals surface area contributed by atoms with Crippen LogP contribution in [0.5, 0.6) is 0 Å². The van der Waals surface area contributed by atoms with Gasteiger partial charge in [-0.2, -0.15) is 0 Å². The Bertz CT molecular complexity index is 812. The van der Waals surface area contributed by atoms with Crippen LogP contribution in [-0.2, 0) is 20.9 Å². The molecule has 1 fully saturated rings. The number of nitrogens with zero attached hydrogens (tertiary/aromatic N) is 1. The van der Waals surface area contributed by atoms with Crippen molar-refractivity contribution in [3.8, 4) is 0 Å². The zero-order valence-corrected chi connectivity index (χ0v) is 17.4. The van der Waals surface area contributed by atoms with Gasteiger partial charge in [0.1, 0.15) is 19.3 Å². The van der Waals surface area contributed by atoms with Gasteiger partial charge in [0.2, 0.25) is 5.91 Å². The normalized spacial score (nSPS) is 16.2. The van der Waals surface area contributed by atoms with Gasteiger partial charge in [-0.25, -0.2) is 4.79 Å². The molecule has 0 aromatic heterocycles. The van der Waals surface area contributed by atoms with Gasteiger partial charge in [0.15, 0.2) is 0 Å². The number of hydrogen-bond acceptors (Lipinski definition) is 6. The van der Waals surface area contributed by atoms with Crippen molar-refractivity contribution in [3.05, 3.63) is 71.8 Å². The van der Waals surface area contributed by atoms with Crippen LogP contribution in [0.25, 0.3) is 0 Å². The number of carbonyl (C=O) groups is 2. The molecule has 8 nitrogen and oxygen atoms in total. The van der Waals surface area contributed by atoms with Crippen LogP contribution in [0.3, 0.4) is 0 Å². The summed E-state index contributed by atoms with van der Waals surface area (Å²) in [7, 11) is 0. The van der Waals surface area contributed by atoms with Crippen molar-refractivity contribution in [3.63, 3.8) is 0 Å². The van der Waals surface area contributed by atoms with Crippen molar-refractivity contribution in [1.82, 2.24) is 15.5 Å². The zero-order chi connectivity index (χ0) is 21.9. The molecule has 1 saturated heterocycles. The second kappa shape index (κ2) is 12.0. The van der Waals surface area contributed by atoms with Crippen molar-refractivity contribution in [2.75, 3.05) is 39.4 Å². The molecule has 2 aromatic rings. The number of benzene rings is 2. The van der Waals surface area contributed by atoms with Crippen molar-refractivity contribution in [2.24, 2.45) is 0 Å². The molecular weight excluding hydrogens is 398 g/mol. The van der Waals surface area contributed by atoms with E-state index < -0.39 is 24.1 Å². The molecule has 0 spiro atoms. The topological polar surface area (TPSA) is 100 Å². The highest BCUT2D eigenvalue weighted by Crippen LogP contribution is 2.18. The quantitative estimate of drug-likeness (QED) is 0.560. The molecule has 1 aliphatic rings. The molecule has 1 aliphatic heterocycles. The van der Waals surface area contributed by atoms with Crippen LogP contribution in [0.15, 0.2) is 60.7 Å². The number of ether oxygens (including phenoxy) is 2. The van der Waals surface area contributed by atoms with Crippen LogP contribution < -0.4 is 10.6 Å². The number of nitrogens with one attached hydrogen (secondary N) is 2. The fourth-order valence-electron chi connectivity index (χ4n) is 3.35. The molecule has 0 unspecified atom stereocenters. The highest BCUT2D eigenvalue weighted by atomic mass is 16.5. The van der Waals surface area contributed by atoms with Crippen LogP contribution in [0.1, 0.15) is 17.2 Å². The standard InChI is InChI=1S/C23H29N3O5/c27-21(15-24-23(29)31-17-18-7-3-1-4-8-18)25-20(16-26-11-13-30-14-12-26)22(28)19-9-5-2-6-10-19/h1-10,20,22,28H,11-17H2,(H,24,29)(H,25,27)/t20-,22-/m0/s1. The van der Waals surface area contributed by atoms with Crippen LogP contribution in [0, 0.1) is 0 Å². The second-order valence-electron chi connectivity index (χ2n) is 7.36. The van der Waals surface area contributed by atoms with E-state index in [9.17, 15) is 14.7 Å². The van der Waals surface area contributed by atoms with E-state index in [1.165, 1.54) is 0 Å². The summed E-state index contributed by atoms with van der Waals surface area (Å²) in [6.07, 6.45) is -1.55. The van der Waals surface area contributed by atoms with E-state index >= 15 is 0 Å². The van der Waals surface area contributed by atoms with Crippen LogP contribution in [0.2, 0.25) is 0 Å². The molecule has 3 rings (SSSR count). The van der Waals surface area contributed by atoms with Gasteiger partial charge in [0.05, 0.1) is 19.3 Å². The predicted octanol–water partition coefficient (Wildman–Crippen LogP) is 1.46. The van der Waals surface area contributed by atoms with Crippen LogP contribution in [-0.4, -0.2) is 67.4 Å². The Morgan fingerprint density at radius 3 is 2.35 bits per heavy atom. The lowest BCUT2D eigenvalue weighted by atomic mass is 10.0. The van der Waals surface area contributed by atoms with Gasteiger partial charge in [-0.05, 0) is 11.1 Å². The minimum Gasteiger partial charge on any atom is -0.445 e. The average molecular weight is 428 g/mol. The van der Waals surface area contributed by atoms with Crippen molar-refractivity contribution >= 4 is 12.0 Å². The first-order valence-electron chi connectivity index (χ1n) is 10.4. The van der Waals surface area contributed by atoms with Gasteiger partial charge in [0, 0.05) is 19.6 Å². The summed E-state index contributed by atoms with van der Waals surface area (Å²) in [5.41, 5.74) is 1.58. The molecule has 0 radical (unpaired) electrons. The molecule has 2 amide bonds. The van der Waals surface area contributed by atoms with Crippen LogP contribution in [0.4, 0.5) is 4.79 Å². The summed E-state index contributed by atoms with van der Waals surface area (Å²) in [4.78, 5) is 26.5. The minimum absolute atomic E-state index is 0.126. The van der Waals surface area contributed by atoms with Gasteiger partial charge in [-0.15, -0.1) is 0 Å². The molecular formula is C23H29N3O5. The van der Waals surface area contributed by atoms with Gasteiger partial charge < -0.3 is 25.2 Å². The van der Waals surface area contributed by atoms with Gasteiger partial charge in [0.25, 0.3) is 0 Å². The second-order valence-corrected chi connectivity index (χ2v) is 7.36. The number of rotatable bonds is 9. The summed E-state index contributed by atoms with van der Waals surface area (Å²) in [6.45, 7) is 3.07. The summed E-state index contributed by atoms with van der Waals surface area (Å²) in [5, 5.41) is 16.2. The predicted molar refractivity (Wildman–Crippen MR) is 115 cm³/mol. The molecule has 0 saturated carbocycles. The number of aliphatic hydroxyl groups excluding tert-OH is 1. The molecule has 0 bridgehead atoms. The first-order valence-corrected chi connectivity index (χ1v) is 10.4. The lowest BCUT2D eigenvalue weighted by Gasteiger charge is -2.33. The molecule has 8 heteroatoms. The SMILES string of the molecule is O=C(CNC(=O)OCc1ccccc1)N[C@@H](CN1CCOCC1)[C@@H](O)c1ccccc1. The number of alkyl carbamates (subject to hydrolysis) is 1. The summed E-state index contributed by atoms with van der Waals surface area (Å²) in [5.74, 6) is -0.398. The highest BCUT2D eigenvalue weighted by molar-refractivity contribution is 5.82. The first-order chi connectivity index (χ1) is 15.1. The van der Waals surface area contributed by atoms with Crippen LogP contribution >= 0.6 is 0 Å². The monoisotopic (exact) mass is 427 g/mol. The number of carbonyl (C=O) groups excluding carboxylic acids is 2. The summed E-state index contributed by atoms with van der Waals surface area (Å²) < 4.78 is 10.5. The van der Waals surface area contributed by atoms with E-state index in [2.05, 4.69) is 15.5 Å². The number of hydrogen-bond donors (Lipinski definition) is 3. The first kappa shape index (κ1) is 22.7. The van der Waals surface area contributed by atoms with Crippen molar-refractivity contribution in [2.45, 2.75) is 18.8 Å². The minimum atomic E-state index is -0.877. The van der Waals surface area contributed by atoms with Crippen molar-refractivity contribution < 1.29 is 24.2 Å². The Morgan fingerprint density at radius 1 is 1.03 bits per heavy atom. The number of aliphatic hydroxyl groups is 1. The zero-order valence-electron chi connectivity index (χ0n) is 17.4. The number of amides is 2. The highest BCUT2D eigenvalue weighted by Gasteiger charge is 2.26. The van der Waals surface area contributed by atoms with E-state index in [0.717, 1.165) is 24.2 Å². The maximum atomic E-state index is 12.5. The maximum absolute atomic E-state index is 12.5. The van der Waals surface area contributed by atoms with E-state index in [0.29, 0.717) is 19.8 Å². The Hall–Kier alpha value is -2.94. The molecule has 0 aliphatic carbocycles. The molecule has 2 aromatic carbocycles. The Morgan fingerprint density at radius 2 is 1.68 bits per heavy atom. The van der Waals surface area contributed by atoms with E-state index in [-0.39, 0.29) is 13.2 Å². The number of morpholine rings is 1. The Labute approximate surface area is 182 Å². The van der Waals surface area contributed by atoms with E-state index in [4.69, 9.17) is 9.47 Å². The molecule has 2 atom stereocenters. The molecule has 166 valence electrons. The molecule has 1 heterocycles. The van der Waals surface area contributed by atoms with Gasteiger partial charge in [-0.1, -0.05) is 60.7 Å². The third-order valence-corrected chi connectivity index (χ3v) is 5.03. The fourth-order valence-corrected chi connectivity index (χ4v) is 3.35. The molecule has 3 N–H and O–H groups in total. The maximum Gasteiger partial charge on any atom is 0.407 e. The van der Waals surface area contributed by atoms with Crippen molar-refractivity contribution in [1.29, 1.82) is 0 Å². The summed E-state index contributed by atoms with van der Waals surface area (Å²) >= 11 is 0. The third kappa shape index (κ3) is 7.67. The molecule has 31 heavy (non-hydrogen) atoms. The fraction of sp³-hybridized carbons (Fsp3) is 0.391. The van der Waals surface area contributed by atoms with Gasteiger partial charge >= 0.3 is 6.09 Å².